The molecule has 4 rings (SSSR count). The van der Waals surface area contributed by atoms with Crippen molar-refractivity contribution in [1.82, 2.24) is 5.43 Å². The lowest BCUT2D eigenvalue weighted by Crippen LogP contribution is -2.54. The number of nitrogens with zero attached hydrogens (tertiary/aromatic N) is 1. The van der Waals surface area contributed by atoms with Crippen LogP contribution in [0, 0.1) is 34.5 Å². The molecule has 0 heterocycles. The second kappa shape index (κ2) is 6.19. The molecule has 0 aromatic heterocycles. The average Bonchev–Trinajstić information content (AvgIpc) is 2.88. The Hall–Kier alpha value is -0.680. The van der Waals surface area contributed by atoms with E-state index in [9.17, 15) is 5.11 Å². The monoisotopic (exact) mass is 363 g/mol. The highest BCUT2D eigenvalue weighted by molar-refractivity contribution is 7.80. The lowest BCUT2D eigenvalue weighted by molar-refractivity contribution is -0.112. The number of hydrazone groups is 1. The van der Waals surface area contributed by atoms with Gasteiger partial charge in [0.25, 0.3) is 0 Å². The smallest absolute Gasteiger partial charge is 0.184 e. The van der Waals surface area contributed by atoms with E-state index in [0.717, 1.165) is 42.9 Å². The minimum atomic E-state index is -0.0692. The fraction of sp³-hybridized carbons (Fsp3) is 0.900. The van der Waals surface area contributed by atoms with Crippen LogP contribution < -0.4 is 11.2 Å². The molecular formula is C20H33N3OS. The molecule has 4 fully saturated rings. The Morgan fingerprint density at radius 2 is 1.88 bits per heavy atom. The molecule has 7 atom stereocenters. The van der Waals surface area contributed by atoms with Crippen LogP contribution in [0.4, 0.5) is 0 Å². The lowest BCUT2D eigenvalue weighted by Gasteiger charge is -2.60. The predicted octanol–water partition coefficient (Wildman–Crippen LogP) is 3.58. The standard InChI is InChI=1S/C20H33N3OS/c1-19-9-7-13(22-23-18(21)25)11-12(19)3-4-14-15-5-6-17(24)20(15,2)10-8-16(14)19/h12,14-17,24H,3-11H2,1-2H3,(H3,21,23,25). The molecular weight excluding hydrogens is 330 g/mol. The number of nitrogens with one attached hydrogen (secondary N) is 1. The maximum Gasteiger partial charge on any atom is 0.184 e. The van der Waals surface area contributed by atoms with Crippen LogP contribution >= 0.6 is 12.2 Å². The van der Waals surface area contributed by atoms with Crippen LogP contribution in [0.2, 0.25) is 0 Å². The highest BCUT2D eigenvalue weighted by atomic mass is 32.1. The summed E-state index contributed by atoms with van der Waals surface area (Å²) >= 11 is 4.88. The molecule has 4 aliphatic carbocycles. The zero-order chi connectivity index (χ0) is 17.8. The minimum absolute atomic E-state index is 0.0692. The summed E-state index contributed by atoms with van der Waals surface area (Å²) in [6.45, 7) is 4.92. The van der Waals surface area contributed by atoms with Gasteiger partial charge in [0, 0.05) is 5.71 Å². The lowest BCUT2D eigenvalue weighted by atomic mass is 9.45. The molecule has 4 saturated carbocycles. The predicted molar refractivity (Wildman–Crippen MR) is 105 cm³/mol. The molecule has 0 bridgehead atoms. The van der Waals surface area contributed by atoms with E-state index in [1.165, 1.54) is 44.2 Å². The molecule has 4 aliphatic rings. The molecule has 25 heavy (non-hydrogen) atoms. The highest BCUT2D eigenvalue weighted by Gasteiger charge is 2.59. The molecule has 0 radical (unpaired) electrons. The fourth-order valence-electron chi connectivity index (χ4n) is 7.27. The first-order chi connectivity index (χ1) is 11.8. The van der Waals surface area contributed by atoms with Gasteiger partial charge in [-0.1, -0.05) is 13.8 Å². The number of rotatable bonds is 1. The Labute approximate surface area is 157 Å². The van der Waals surface area contributed by atoms with Crippen molar-refractivity contribution < 1.29 is 5.11 Å². The van der Waals surface area contributed by atoms with Crippen molar-refractivity contribution in [2.45, 2.75) is 77.7 Å². The third kappa shape index (κ3) is 2.73. The minimum Gasteiger partial charge on any atom is -0.393 e. The molecule has 0 amide bonds. The summed E-state index contributed by atoms with van der Waals surface area (Å²) in [5, 5.41) is 15.3. The van der Waals surface area contributed by atoms with Crippen molar-refractivity contribution in [1.29, 1.82) is 0 Å². The molecule has 0 aliphatic heterocycles. The first-order valence-corrected chi connectivity index (χ1v) is 10.5. The maximum absolute atomic E-state index is 10.6. The third-order valence-corrected chi connectivity index (χ3v) is 8.86. The number of fused-ring (bicyclic) bond motifs is 5. The molecule has 0 aromatic rings. The van der Waals surface area contributed by atoms with E-state index in [0.29, 0.717) is 5.41 Å². The maximum atomic E-state index is 10.6. The van der Waals surface area contributed by atoms with Gasteiger partial charge in [-0.15, -0.1) is 0 Å². The summed E-state index contributed by atoms with van der Waals surface area (Å²) in [6.07, 6.45) is 10.8. The van der Waals surface area contributed by atoms with Crippen molar-refractivity contribution in [3.8, 4) is 0 Å². The Kier molecular flexibility index (Phi) is 4.39. The van der Waals surface area contributed by atoms with Crippen LogP contribution in [-0.2, 0) is 0 Å². The van der Waals surface area contributed by atoms with E-state index >= 15 is 0 Å². The van der Waals surface area contributed by atoms with E-state index < -0.39 is 0 Å². The Bertz CT molecular complexity index is 593. The first kappa shape index (κ1) is 17.7. The molecule has 0 aromatic carbocycles. The average molecular weight is 364 g/mol. The van der Waals surface area contributed by atoms with Crippen LogP contribution in [-0.4, -0.2) is 22.0 Å². The van der Waals surface area contributed by atoms with Gasteiger partial charge in [-0.05, 0) is 105 Å². The highest BCUT2D eigenvalue weighted by Crippen LogP contribution is 2.65. The van der Waals surface area contributed by atoms with Gasteiger partial charge in [0.05, 0.1) is 6.10 Å². The summed E-state index contributed by atoms with van der Waals surface area (Å²) in [4.78, 5) is 0. The van der Waals surface area contributed by atoms with Crippen LogP contribution in [0.25, 0.3) is 0 Å². The summed E-state index contributed by atoms with van der Waals surface area (Å²) in [7, 11) is 0. The number of aliphatic hydroxyl groups is 1. The van der Waals surface area contributed by atoms with Gasteiger partial charge in [0.15, 0.2) is 5.11 Å². The van der Waals surface area contributed by atoms with Crippen LogP contribution in [0.5, 0.6) is 0 Å². The molecule has 0 saturated heterocycles. The Morgan fingerprint density at radius 1 is 1.12 bits per heavy atom. The zero-order valence-electron chi connectivity index (χ0n) is 15.6. The van der Waals surface area contributed by atoms with Crippen molar-refractivity contribution in [3.63, 3.8) is 0 Å². The van der Waals surface area contributed by atoms with Gasteiger partial charge < -0.3 is 10.8 Å². The van der Waals surface area contributed by atoms with Crippen molar-refractivity contribution >= 4 is 23.0 Å². The van der Waals surface area contributed by atoms with Gasteiger partial charge in [-0.25, -0.2) is 0 Å². The van der Waals surface area contributed by atoms with Gasteiger partial charge in [0.1, 0.15) is 0 Å². The summed E-state index contributed by atoms with van der Waals surface area (Å²) in [5.41, 5.74) is 10.2. The third-order valence-electron chi connectivity index (χ3n) is 8.77. The van der Waals surface area contributed by atoms with E-state index in [-0.39, 0.29) is 16.6 Å². The Balaban J connectivity index is 1.53. The first-order valence-electron chi connectivity index (χ1n) is 10.1. The number of hydrogen-bond acceptors (Lipinski definition) is 3. The van der Waals surface area contributed by atoms with Crippen LogP contribution in [0.3, 0.4) is 0 Å². The van der Waals surface area contributed by atoms with Crippen molar-refractivity contribution in [2.24, 2.45) is 45.3 Å². The Morgan fingerprint density at radius 3 is 2.64 bits per heavy atom. The van der Waals surface area contributed by atoms with Crippen molar-refractivity contribution in [2.75, 3.05) is 0 Å². The van der Waals surface area contributed by atoms with Gasteiger partial charge >= 0.3 is 0 Å². The summed E-state index contributed by atoms with van der Waals surface area (Å²) in [5.74, 6) is 3.14. The largest absolute Gasteiger partial charge is 0.393 e. The molecule has 4 nitrogen and oxygen atoms in total. The number of aliphatic hydroxyl groups excluding tert-OH is 1. The fourth-order valence-corrected chi connectivity index (χ4v) is 7.31. The molecule has 0 spiro atoms. The van der Waals surface area contributed by atoms with Crippen LogP contribution in [0.1, 0.15) is 71.6 Å². The zero-order valence-corrected chi connectivity index (χ0v) is 16.4. The van der Waals surface area contributed by atoms with Gasteiger partial charge in [-0.3, -0.25) is 5.43 Å². The topological polar surface area (TPSA) is 70.6 Å². The molecule has 4 N–H and O–H groups in total. The summed E-state index contributed by atoms with van der Waals surface area (Å²) < 4.78 is 0. The molecule has 5 heteroatoms. The van der Waals surface area contributed by atoms with E-state index in [4.69, 9.17) is 18.0 Å². The molecule has 140 valence electrons. The quantitative estimate of drug-likeness (QED) is 0.492. The number of hydrogen-bond donors (Lipinski definition) is 3. The van der Waals surface area contributed by atoms with Crippen molar-refractivity contribution in [3.05, 3.63) is 0 Å². The SMILES string of the molecule is CC12CCC3C(CCC4CC(=NNC(N)=S)CCC43C)C1CCC2O. The second-order valence-electron chi connectivity index (χ2n) is 9.65. The normalized spacial score (nSPS) is 50.7. The van der Waals surface area contributed by atoms with E-state index in [1.807, 2.05) is 0 Å². The molecule has 7 unspecified atom stereocenters. The van der Waals surface area contributed by atoms with Crippen LogP contribution in [0.15, 0.2) is 5.10 Å². The van der Waals surface area contributed by atoms with E-state index in [1.54, 1.807) is 0 Å². The number of nitrogens with two attached hydrogens (primary N) is 1. The van der Waals surface area contributed by atoms with Gasteiger partial charge in [0.2, 0.25) is 0 Å². The summed E-state index contributed by atoms with van der Waals surface area (Å²) in [6, 6.07) is 0. The number of thiocarbonyl (C=S) groups is 1. The second-order valence-corrected chi connectivity index (χ2v) is 10.1. The van der Waals surface area contributed by atoms with E-state index in [2.05, 4.69) is 24.4 Å². The van der Waals surface area contributed by atoms with Gasteiger partial charge in [-0.2, -0.15) is 5.10 Å².